The summed E-state index contributed by atoms with van der Waals surface area (Å²) >= 11 is 2.18. The number of carbonyl (C=O) groups is 1. The lowest BCUT2D eigenvalue weighted by Crippen LogP contribution is -2.21. The monoisotopic (exact) mass is 382 g/mol. The van der Waals surface area contributed by atoms with E-state index in [1.165, 1.54) is 0 Å². The lowest BCUT2D eigenvalue weighted by atomic mass is 10.1. The van der Waals surface area contributed by atoms with Crippen molar-refractivity contribution >= 4 is 28.6 Å². The van der Waals surface area contributed by atoms with Crippen molar-refractivity contribution in [3.05, 3.63) is 63.7 Å². The van der Waals surface area contributed by atoms with Crippen LogP contribution in [0.3, 0.4) is 0 Å². The van der Waals surface area contributed by atoms with Gasteiger partial charge in [0.05, 0.1) is 10.2 Å². The van der Waals surface area contributed by atoms with Gasteiger partial charge in [-0.25, -0.2) is 4.79 Å². The fraction of sp³-hybridized carbons (Fsp3) is 0.188. The predicted molar refractivity (Wildman–Crippen MR) is 85.6 cm³/mol. The van der Waals surface area contributed by atoms with Gasteiger partial charge in [0.1, 0.15) is 5.75 Å². The number of benzene rings is 2. The molecule has 20 heavy (non-hydrogen) atoms. The van der Waals surface area contributed by atoms with Crippen LogP contribution in [0.2, 0.25) is 0 Å². The first-order valence-corrected chi connectivity index (χ1v) is 7.43. The molecule has 4 heteroatoms. The van der Waals surface area contributed by atoms with E-state index in [1.807, 2.05) is 54.6 Å². The second-order valence-electron chi connectivity index (χ2n) is 4.09. The summed E-state index contributed by atoms with van der Waals surface area (Å²) in [7, 11) is 0. The fourth-order valence-electron chi connectivity index (χ4n) is 1.77. The van der Waals surface area contributed by atoms with Gasteiger partial charge in [-0.1, -0.05) is 42.5 Å². The van der Waals surface area contributed by atoms with E-state index in [-0.39, 0.29) is 5.97 Å². The lowest BCUT2D eigenvalue weighted by molar-refractivity contribution is -0.151. The number of esters is 1. The highest BCUT2D eigenvalue weighted by Crippen LogP contribution is 2.27. The van der Waals surface area contributed by atoms with Gasteiger partial charge in [-0.15, -0.1) is 0 Å². The smallest absolute Gasteiger partial charge is 0.352 e. The zero-order valence-electron chi connectivity index (χ0n) is 11.1. The van der Waals surface area contributed by atoms with Crippen molar-refractivity contribution in [3.8, 4) is 5.75 Å². The number of rotatable bonds is 5. The molecule has 0 heterocycles. The van der Waals surface area contributed by atoms with Crippen molar-refractivity contribution in [2.24, 2.45) is 0 Å². The Hall–Kier alpha value is -1.56. The summed E-state index contributed by atoms with van der Waals surface area (Å²) in [5, 5.41) is 0. The molecular weight excluding hydrogens is 367 g/mol. The van der Waals surface area contributed by atoms with Gasteiger partial charge in [-0.3, -0.25) is 0 Å². The van der Waals surface area contributed by atoms with Crippen molar-refractivity contribution < 1.29 is 14.3 Å². The van der Waals surface area contributed by atoms with Crippen LogP contribution in [0.25, 0.3) is 0 Å². The van der Waals surface area contributed by atoms with Gasteiger partial charge in [0.25, 0.3) is 0 Å². The summed E-state index contributed by atoms with van der Waals surface area (Å²) in [5.41, 5.74) is 0.783. The molecule has 3 nitrogen and oxygen atoms in total. The van der Waals surface area contributed by atoms with E-state index >= 15 is 0 Å². The average Bonchev–Trinajstić information content (AvgIpc) is 2.47. The number of para-hydroxylation sites is 1. The molecule has 1 atom stereocenters. The molecule has 0 radical (unpaired) electrons. The minimum absolute atomic E-state index is 0.331. The minimum atomic E-state index is -0.743. The maximum absolute atomic E-state index is 12.1. The van der Waals surface area contributed by atoms with Crippen LogP contribution >= 0.6 is 22.6 Å². The van der Waals surface area contributed by atoms with Crippen molar-refractivity contribution in [2.45, 2.75) is 13.0 Å². The molecule has 0 saturated carbocycles. The quantitative estimate of drug-likeness (QED) is 0.580. The van der Waals surface area contributed by atoms with E-state index in [0.717, 1.165) is 9.13 Å². The van der Waals surface area contributed by atoms with E-state index in [2.05, 4.69) is 22.6 Å². The Labute approximate surface area is 132 Å². The van der Waals surface area contributed by atoms with E-state index in [0.29, 0.717) is 12.4 Å². The van der Waals surface area contributed by atoms with Crippen LogP contribution < -0.4 is 4.74 Å². The highest BCUT2D eigenvalue weighted by molar-refractivity contribution is 14.1. The number of halogens is 1. The average molecular weight is 382 g/mol. The predicted octanol–water partition coefficient (Wildman–Crippen LogP) is 3.97. The fourth-order valence-corrected chi connectivity index (χ4v) is 2.28. The van der Waals surface area contributed by atoms with Gasteiger partial charge in [0, 0.05) is 5.56 Å². The Bertz CT molecular complexity index is 569. The van der Waals surface area contributed by atoms with E-state index < -0.39 is 6.10 Å². The van der Waals surface area contributed by atoms with E-state index in [9.17, 15) is 4.79 Å². The summed E-state index contributed by atoms with van der Waals surface area (Å²) in [5.74, 6) is 0.299. The van der Waals surface area contributed by atoms with Gasteiger partial charge in [0.15, 0.2) is 0 Å². The molecule has 0 amide bonds. The highest BCUT2D eigenvalue weighted by atomic mass is 127. The topological polar surface area (TPSA) is 35.5 Å². The van der Waals surface area contributed by atoms with Crippen LogP contribution in [-0.4, -0.2) is 12.6 Å². The van der Waals surface area contributed by atoms with Crippen molar-refractivity contribution in [3.63, 3.8) is 0 Å². The maximum Gasteiger partial charge on any atom is 0.352 e. The third kappa shape index (κ3) is 3.72. The molecule has 0 unspecified atom stereocenters. The van der Waals surface area contributed by atoms with Gasteiger partial charge >= 0.3 is 5.97 Å². The molecule has 0 aliphatic rings. The van der Waals surface area contributed by atoms with E-state index in [4.69, 9.17) is 9.47 Å². The third-order valence-corrected chi connectivity index (χ3v) is 3.58. The van der Waals surface area contributed by atoms with Crippen LogP contribution in [0.15, 0.2) is 54.6 Å². The molecule has 0 saturated heterocycles. The first kappa shape index (κ1) is 14.8. The Balaban J connectivity index is 2.28. The van der Waals surface area contributed by atoms with Crippen LogP contribution in [0.1, 0.15) is 18.6 Å². The minimum Gasteiger partial charge on any atom is -0.473 e. The van der Waals surface area contributed by atoms with Crippen molar-refractivity contribution in [2.75, 3.05) is 6.61 Å². The molecular formula is C16H15IO3. The van der Waals surface area contributed by atoms with Crippen LogP contribution in [0.5, 0.6) is 5.75 Å². The summed E-state index contributed by atoms with van der Waals surface area (Å²) in [6, 6.07) is 17.0. The Morgan fingerprint density at radius 2 is 1.75 bits per heavy atom. The Morgan fingerprint density at radius 1 is 1.10 bits per heavy atom. The second-order valence-corrected chi connectivity index (χ2v) is 5.25. The molecule has 2 aromatic rings. The zero-order chi connectivity index (χ0) is 14.4. The van der Waals surface area contributed by atoms with Gasteiger partial charge in [0.2, 0.25) is 6.10 Å². The zero-order valence-corrected chi connectivity index (χ0v) is 13.2. The Kier molecular flexibility index (Phi) is 5.40. The Morgan fingerprint density at radius 3 is 2.40 bits per heavy atom. The van der Waals surface area contributed by atoms with Gasteiger partial charge < -0.3 is 9.47 Å². The molecule has 0 aromatic heterocycles. The standard InChI is InChI=1S/C16H15IO3/c1-2-19-16(18)15(12-8-4-3-5-9-12)20-14-11-7-6-10-13(14)17/h3-11,15H,2H2,1H3/t15-/m1/s1. The number of hydrogen-bond donors (Lipinski definition) is 0. The first-order chi connectivity index (χ1) is 9.72. The first-order valence-electron chi connectivity index (χ1n) is 6.35. The summed E-state index contributed by atoms with van der Waals surface area (Å²) < 4.78 is 11.9. The molecule has 0 N–H and O–H groups in total. The van der Waals surface area contributed by atoms with Crippen LogP contribution in [0.4, 0.5) is 0 Å². The largest absolute Gasteiger partial charge is 0.473 e. The molecule has 0 spiro atoms. The molecule has 0 aliphatic carbocycles. The summed E-state index contributed by atoms with van der Waals surface area (Å²) in [6.45, 7) is 2.11. The summed E-state index contributed by atoms with van der Waals surface area (Å²) in [6.07, 6.45) is -0.743. The SMILES string of the molecule is CCOC(=O)[C@H](Oc1ccccc1I)c1ccccc1. The lowest BCUT2D eigenvalue weighted by Gasteiger charge is -2.18. The third-order valence-electron chi connectivity index (χ3n) is 2.68. The van der Waals surface area contributed by atoms with E-state index in [1.54, 1.807) is 6.92 Å². The number of carbonyl (C=O) groups excluding carboxylic acids is 1. The molecule has 0 bridgehead atoms. The second kappa shape index (κ2) is 7.28. The van der Waals surface area contributed by atoms with Crippen LogP contribution in [-0.2, 0) is 9.53 Å². The molecule has 0 fully saturated rings. The summed E-state index contributed by atoms with van der Waals surface area (Å²) in [4.78, 5) is 12.1. The van der Waals surface area contributed by atoms with Gasteiger partial charge in [-0.05, 0) is 41.6 Å². The maximum atomic E-state index is 12.1. The van der Waals surface area contributed by atoms with Crippen LogP contribution in [0, 0.1) is 3.57 Å². The molecule has 2 aromatic carbocycles. The number of ether oxygens (including phenoxy) is 2. The van der Waals surface area contributed by atoms with Crippen molar-refractivity contribution in [1.82, 2.24) is 0 Å². The normalized spacial score (nSPS) is 11.7. The molecule has 2 rings (SSSR count). The molecule has 0 aliphatic heterocycles. The van der Waals surface area contributed by atoms with Gasteiger partial charge in [-0.2, -0.15) is 0 Å². The molecule has 104 valence electrons. The van der Waals surface area contributed by atoms with Crippen molar-refractivity contribution in [1.29, 1.82) is 0 Å². The highest BCUT2D eigenvalue weighted by Gasteiger charge is 2.24. The number of hydrogen-bond acceptors (Lipinski definition) is 3.